The number of hydrogen-bond donors (Lipinski definition) is 1. The van der Waals surface area contributed by atoms with Crippen molar-refractivity contribution in [3.63, 3.8) is 0 Å². The van der Waals surface area contributed by atoms with Gasteiger partial charge in [-0.1, -0.05) is 30.3 Å². The predicted octanol–water partition coefficient (Wildman–Crippen LogP) is 3.73. The van der Waals surface area contributed by atoms with E-state index in [1.165, 1.54) is 4.90 Å². The van der Waals surface area contributed by atoms with Crippen LogP contribution >= 0.6 is 11.3 Å². The summed E-state index contributed by atoms with van der Waals surface area (Å²) in [5, 5.41) is 4.93. The third-order valence-electron chi connectivity index (χ3n) is 4.20. The minimum atomic E-state index is -0.605. The van der Waals surface area contributed by atoms with Gasteiger partial charge in [-0.05, 0) is 43.3 Å². The van der Waals surface area contributed by atoms with Gasteiger partial charge in [0.1, 0.15) is 11.6 Å². The van der Waals surface area contributed by atoms with Gasteiger partial charge < -0.3 is 10.1 Å². The lowest BCUT2D eigenvalue weighted by Crippen LogP contribution is -2.53. The van der Waals surface area contributed by atoms with E-state index in [1.54, 1.807) is 11.3 Å². The van der Waals surface area contributed by atoms with Crippen LogP contribution in [0.25, 0.3) is 0 Å². The monoisotopic (exact) mass is 372 g/mol. The summed E-state index contributed by atoms with van der Waals surface area (Å²) in [5.74, 6) is -0.154. The largest absolute Gasteiger partial charge is 0.444 e. The normalized spacial score (nSPS) is 16.7. The highest BCUT2D eigenvalue weighted by molar-refractivity contribution is 7.09. The van der Waals surface area contributed by atoms with Crippen LogP contribution in [0.3, 0.4) is 0 Å². The molecule has 0 spiro atoms. The van der Waals surface area contributed by atoms with Gasteiger partial charge in [-0.15, -0.1) is 11.3 Å². The maximum Gasteiger partial charge on any atom is 0.411 e. The van der Waals surface area contributed by atoms with Crippen molar-refractivity contribution in [1.29, 1.82) is 0 Å². The number of carbonyl (C=O) groups is 2. The van der Waals surface area contributed by atoms with Crippen LogP contribution in [0.1, 0.15) is 36.8 Å². The van der Waals surface area contributed by atoms with Crippen molar-refractivity contribution >= 4 is 23.3 Å². The van der Waals surface area contributed by atoms with E-state index >= 15 is 0 Å². The highest BCUT2D eigenvalue weighted by Crippen LogP contribution is 2.25. The lowest BCUT2D eigenvalue weighted by atomic mass is 9.94. The van der Waals surface area contributed by atoms with Crippen LogP contribution in [0.15, 0.2) is 41.8 Å². The SMILES string of the molecule is CC(C)(C)OC(=O)N1Cc2ccccc2C[C@H]1C(=O)NCc1cccs1. The number of nitrogens with one attached hydrogen (secondary N) is 1. The van der Waals surface area contributed by atoms with Crippen LogP contribution in [0.2, 0.25) is 0 Å². The fourth-order valence-electron chi connectivity index (χ4n) is 2.97. The molecule has 2 amide bonds. The van der Waals surface area contributed by atoms with E-state index in [0.29, 0.717) is 19.5 Å². The molecule has 2 aromatic rings. The van der Waals surface area contributed by atoms with E-state index in [2.05, 4.69) is 5.32 Å². The Morgan fingerprint density at radius 2 is 1.92 bits per heavy atom. The number of amides is 2. The van der Waals surface area contributed by atoms with Gasteiger partial charge in [-0.2, -0.15) is 0 Å². The van der Waals surface area contributed by atoms with Gasteiger partial charge in [-0.3, -0.25) is 9.69 Å². The van der Waals surface area contributed by atoms with Gasteiger partial charge in [0.05, 0.1) is 13.1 Å². The Labute approximate surface area is 158 Å². The third-order valence-corrected chi connectivity index (χ3v) is 5.07. The van der Waals surface area contributed by atoms with E-state index in [0.717, 1.165) is 16.0 Å². The highest BCUT2D eigenvalue weighted by Gasteiger charge is 2.36. The zero-order chi connectivity index (χ0) is 18.7. The number of rotatable bonds is 3. The summed E-state index contributed by atoms with van der Waals surface area (Å²) in [6.07, 6.45) is 0.0365. The second-order valence-electron chi connectivity index (χ2n) is 7.39. The molecule has 5 nitrogen and oxygen atoms in total. The molecule has 1 aliphatic rings. The summed E-state index contributed by atoms with van der Waals surface area (Å²) in [4.78, 5) is 28.1. The molecule has 3 rings (SSSR count). The minimum Gasteiger partial charge on any atom is -0.444 e. The maximum atomic E-state index is 12.8. The van der Waals surface area contributed by atoms with E-state index in [4.69, 9.17) is 4.74 Å². The minimum absolute atomic E-state index is 0.154. The molecule has 0 aliphatic carbocycles. The second-order valence-corrected chi connectivity index (χ2v) is 8.43. The molecule has 1 aromatic carbocycles. The number of benzene rings is 1. The summed E-state index contributed by atoms with van der Waals surface area (Å²) in [7, 11) is 0. The molecule has 26 heavy (non-hydrogen) atoms. The predicted molar refractivity (Wildman–Crippen MR) is 102 cm³/mol. The smallest absolute Gasteiger partial charge is 0.411 e. The molecule has 0 saturated heterocycles. The third kappa shape index (κ3) is 4.43. The second kappa shape index (κ2) is 7.50. The fourth-order valence-corrected chi connectivity index (χ4v) is 3.62. The van der Waals surface area contributed by atoms with Gasteiger partial charge in [0.15, 0.2) is 0 Å². The molecule has 0 saturated carbocycles. The van der Waals surface area contributed by atoms with Crippen molar-refractivity contribution in [2.45, 2.75) is 51.9 Å². The van der Waals surface area contributed by atoms with Gasteiger partial charge in [-0.25, -0.2) is 4.79 Å². The molecule has 1 N–H and O–H groups in total. The number of ether oxygens (including phenoxy) is 1. The lowest BCUT2D eigenvalue weighted by Gasteiger charge is -2.36. The van der Waals surface area contributed by atoms with Crippen molar-refractivity contribution in [3.05, 3.63) is 57.8 Å². The van der Waals surface area contributed by atoms with Crippen LogP contribution in [0, 0.1) is 0 Å². The first-order chi connectivity index (χ1) is 12.3. The summed E-state index contributed by atoms with van der Waals surface area (Å²) in [6, 6.07) is 11.3. The average Bonchev–Trinajstić information content (AvgIpc) is 3.10. The zero-order valence-electron chi connectivity index (χ0n) is 15.3. The number of carbonyl (C=O) groups excluding carboxylic acids is 2. The molecule has 138 valence electrons. The van der Waals surface area contributed by atoms with Crippen molar-refractivity contribution in [3.8, 4) is 0 Å². The quantitative estimate of drug-likeness (QED) is 0.893. The maximum absolute atomic E-state index is 12.8. The number of nitrogens with zero attached hydrogens (tertiary/aromatic N) is 1. The number of hydrogen-bond acceptors (Lipinski definition) is 4. The highest BCUT2D eigenvalue weighted by atomic mass is 32.1. The van der Waals surface area contributed by atoms with Crippen LogP contribution in [-0.4, -0.2) is 28.5 Å². The molecule has 2 heterocycles. The Morgan fingerprint density at radius 1 is 1.19 bits per heavy atom. The van der Waals surface area contributed by atoms with E-state index < -0.39 is 17.7 Å². The molecule has 1 aliphatic heterocycles. The summed E-state index contributed by atoms with van der Waals surface area (Å²) < 4.78 is 5.53. The van der Waals surface area contributed by atoms with Gasteiger partial charge in [0.2, 0.25) is 5.91 Å². The molecule has 0 unspecified atom stereocenters. The summed E-state index contributed by atoms with van der Waals surface area (Å²) in [6.45, 7) is 6.33. The molecule has 1 aromatic heterocycles. The Hall–Kier alpha value is -2.34. The lowest BCUT2D eigenvalue weighted by molar-refractivity contribution is -0.127. The van der Waals surface area contributed by atoms with Crippen molar-refractivity contribution in [2.75, 3.05) is 0 Å². The first-order valence-electron chi connectivity index (χ1n) is 8.70. The van der Waals surface area contributed by atoms with Gasteiger partial charge in [0, 0.05) is 11.3 Å². The van der Waals surface area contributed by atoms with E-state index in [1.807, 2.05) is 62.5 Å². The molecular weight excluding hydrogens is 348 g/mol. The summed E-state index contributed by atoms with van der Waals surface area (Å²) in [5.41, 5.74) is 1.55. The van der Waals surface area contributed by atoms with Crippen molar-refractivity contribution < 1.29 is 14.3 Å². The Balaban J connectivity index is 1.78. The van der Waals surface area contributed by atoms with Crippen LogP contribution in [0.4, 0.5) is 4.79 Å². The number of fused-ring (bicyclic) bond motifs is 1. The molecular formula is C20H24N2O3S. The van der Waals surface area contributed by atoms with E-state index in [9.17, 15) is 9.59 Å². The Bertz CT molecular complexity index is 781. The molecule has 0 bridgehead atoms. The molecule has 0 radical (unpaired) electrons. The van der Waals surface area contributed by atoms with Gasteiger partial charge >= 0.3 is 6.09 Å². The van der Waals surface area contributed by atoms with Crippen LogP contribution < -0.4 is 5.32 Å². The topological polar surface area (TPSA) is 58.6 Å². The van der Waals surface area contributed by atoms with Crippen molar-refractivity contribution in [1.82, 2.24) is 10.2 Å². The Kier molecular flexibility index (Phi) is 5.32. The number of thiophene rings is 1. The molecule has 6 heteroatoms. The van der Waals surface area contributed by atoms with Gasteiger partial charge in [0.25, 0.3) is 0 Å². The van der Waals surface area contributed by atoms with Crippen molar-refractivity contribution in [2.24, 2.45) is 0 Å². The zero-order valence-corrected chi connectivity index (χ0v) is 16.1. The average molecular weight is 372 g/mol. The molecule has 0 fully saturated rings. The molecule has 1 atom stereocenters. The van der Waals surface area contributed by atoms with Crippen LogP contribution in [0.5, 0.6) is 0 Å². The first kappa shape index (κ1) is 18.5. The van der Waals surface area contributed by atoms with E-state index in [-0.39, 0.29) is 5.91 Å². The summed E-state index contributed by atoms with van der Waals surface area (Å²) >= 11 is 1.60. The van der Waals surface area contributed by atoms with Crippen LogP contribution in [-0.2, 0) is 29.0 Å². The fraction of sp³-hybridized carbons (Fsp3) is 0.400. The first-order valence-corrected chi connectivity index (χ1v) is 9.58. The Morgan fingerprint density at radius 3 is 2.58 bits per heavy atom. The standard InChI is InChI=1S/C20H24N2O3S/c1-20(2,3)25-19(24)22-13-15-8-5-4-7-14(15)11-17(22)18(23)21-12-16-9-6-10-26-16/h4-10,17H,11-13H2,1-3H3,(H,21,23)/t17-/m0/s1.